The lowest BCUT2D eigenvalue weighted by atomic mass is 9.73. The normalized spacial score (nSPS) is 17.9. The van der Waals surface area contributed by atoms with Crippen LogP contribution in [0.4, 0.5) is 4.39 Å². The van der Waals surface area contributed by atoms with E-state index in [1.54, 1.807) is 0 Å². The molecule has 1 saturated heterocycles. The number of fused-ring (bicyclic) bond motifs is 3. The van der Waals surface area contributed by atoms with Crippen LogP contribution in [0, 0.1) is 5.92 Å². The maximum Gasteiger partial charge on any atom is 0.235 e. The van der Waals surface area contributed by atoms with Crippen molar-refractivity contribution in [2.75, 3.05) is 26.2 Å². The second-order valence-electron chi connectivity index (χ2n) is 8.93. The van der Waals surface area contributed by atoms with Crippen molar-refractivity contribution in [2.45, 2.75) is 36.8 Å². The summed E-state index contributed by atoms with van der Waals surface area (Å²) in [6.45, 7) is 5.66. The summed E-state index contributed by atoms with van der Waals surface area (Å²) in [6.07, 6.45) is 2.74. The molecule has 0 spiro atoms. The van der Waals surface area contributed by atoms with Crippen LogP contribution < -0.4 is 5.32 Å². The molecule has 1 amide bonds. The maximum absolute atomic E-state index is 14.1. The fraction of sp³-hybridized carbons (Fsp3) is 0.458. The summed E-state index contributed by atoms with van der Waals surface area (Å²) in [4.78, 5) is 16.2. The molecule has 160 valence electrons. The maximum atomic E-state index is 14.1. The third-order valence-electron chi connectivity index (χ3n) is 6.39. The molecule has 3 nitrogen and oxygen atoms in total. The zero-order valence-corrected chi connectivity index (χ0v) is 19.8. The number of nitrogens with zero attached hydrogens (tertiary/aromatic N) is 1. The van der Waals surface area contributed by atoms with Gasteiger partial charge in [-0.15, -0.1) is 0 Å². The van der Waals surface area contributed by atoms with Crippen LogP contribution in [0.3, 0.4) is 0 Å². The minimum absolute atomic E-state index is 0.0566. The van der Waals surface area contributed by atoms with E-state index < -0.39 is 10.6 Å². The molecule has 0 aromatic heterocycles. The van der Waals surface area contributed by atoms with Gasteiger partial charge < -0.3 is 10.2 Å². The molecule has 1 aliphatic heterocycles. The second-order valence-corrected chi connectivity index (χ2v) is 11.5. The summed E-state index contributed by atoms with van der Waals surface area (Å²) >= 11 is 0. The lowest BCUT2D eigenvalue weighted by Crippen LogP contribution is -2.47. The minimum atomic E-state index is -1.61. The number of carbonyl (C=O) groups is 1. The number of amides is 1. The van der Waals surface area contributed by atoms with Crippen LogP contribution in [0.1, 0.15) is 37.3 Å². The van der Waals surface area contributed by atoms with E-state index in [2.05, 4.69) is 59.9 Å². The molecule has 2 atom stereocenters. The Hall–Kier alpha value is -1.34. The SMILES string of the molecule is CC1CN(CCCCC2(C(=O)NCC(F)(P)P)c3ccccc3-c3ccccc32)C1. The Bertz CT molecular complexity index is 876. The molecular weight excluding hydrogens is 413 g/mol. The van der Waals surface area contributed by atoms with E-state index in [9.17, 15) is 9.18 Å². The standard InChI is InChI=1S/C24H31FN2OP2/c1-17-14-27(15-17)13-7-6-12-23(22(28)26-16-24(25,29)30)20-10-4-2-8-18(20)19-9-3-5-11-21(19)23/h2-5,8-11,17H,6-7,12-16,29-30H2,1H3,(H,26,28). The Labute approximate surface area is 183 Å². The zero-order chi connectivity index (χ0) is 21.4. The highest BCUT2D eigenvalue weighted by Crippen LogP contribution is 2.51. The lowest BCUT2D eigenvalue weighted by molar-refractivity contribution is -0.125. The van der Waals surface area contributed by atoms with Gasteiger partial charge in [0.05, 0.1) is 6.54 Å². The van der Waals surface area contributed by atoms with E-state index >= 15 is 0 Å². The Morgan fingerprint density at radius 2 is 1.67 bits per heavy atom. The molecule has 2 aliphatic rings. The molecule has 0 radical (unpaired) electrons. The van der Waals surface area contributed by atoms with Crippen LogP contribution in [0.15, 0.2) is 48.5 Å². The average molecular weight is 444 g/mol. The number of carbonyl (C=O) groups excluding carboxylic acids is 1. The van der Waals surface area contributed by atoms with Crippen molar-refractivity contribution in [3.8, 4) is 11.1 Å². The molecule has 4 rings (SSSR count). The first kappa shape index (κ1) is 21.9. The molecular formula is C24H31FN2OP2. The second kappa shape index (κ2) is 8.65. The molecule has 1 heterocycles. The van der Waals surface area contributed by atoms with Gasteiger partial charge in [0.2, 0.25) is 5.91 Å². The number of benzene rings is 2. The van der Waals surface area contributed by atoms with Crippen LogP contribution in [-0.2, 0) is 10.2 Å². The third kappa shape index (κ3) is 4.20. The molecule has 0 bridgehead atoms. The van der Waals surface area contributed by atoms with Crippen molar-refractivity contribution in [1.29, 1.82) is 0 Å². The van der Waals surface area contributed by atoms with Crippen molar-refractivity contribution in [3.63, 3.8) is 0 Å². The quantitative estimate of drug-likeness (QED) is 0.478. The summed E-state index contributed by atoms with van der Waals surface area (Å²) < 4.78 is 14.1. The summed E-state index contributed by atoms with van der Waals surface area (Å²) in [7, 11) is 4.27. The van der Waals surface area contributed by atoms with E-state index in [1.807, 2.05) is 24.3 Å². The molecule has 30 heavy (non-hydrogen) atoms. The van der Waals surface area contributed by atoms with Gasteiger partial charge in [0.25, 0.3) is 0 Å². The van der Waals surface area contributed by atoms with Crippen molar-refractivity contribution in [1.82, 2.24) is 10.2 Å². The number of hydrogen-bond donors (Lipinski definition) is 1. The topological polar surface area (TPSA) is 32.3 Å². The highest BCUT2D eigenvalue weighted by atomic mass is 31.1. The molecule has 0 saturated carbocycles. The Morgan fingerprint density at radius 1 is 1.10 bits per heavy atom. The van der Waals surface area contributed by atoms with Gasteiger partial charge in [-0.3, -0.25) is 4.79 Å². The first-order valence-corrected chi connectivity index (χ1v) is 11.9. The number of nitrogens with one attached hydrogen (secondary N) is 1. The molecule has 2 aromatic carbocycles. The highest BCUT2D eigenvalue weighted by Gasteiger charge is 2.48. The van der Waals surface area contributed by atoms with E-state index in [4.69, 9.17) is 0 Å². The van der Waals surface area contributed by atoms with E-state index in [1.165, 1.54) is 13.1 Å². The fourth-order valence-electron chi connectivity index (χ4n) is 5.06. The van der Waals surface area contributed by atoms with Gasteiger partial charge in [-0.1, -0.05) is 80.4 Å². The molecule has 2 unspecified atom stereocenters. The van der Waals surface area contributed by atoms with E-state index in [0.717, 1.165) is 54.0 Å². The van der Waals surface area contributed by atoms with E-state index in [-0.39, 0.29) is 12.5 Å². The molecule has 6 heteroatoms. The van der Waals surface area contributed by atoms with Gasteiger partial charge in [-0.2, -0.15) is 0 Å². The van der Waals surface area contributed by atoms with Crippen LogP contribution in [0.5, 0.6) is 0 Å². The monoisotopic (exact) mass is 444 g/mol. The lowest BCUT2D eigenvalue weighted by Gasteiger charge is -2.37. The number of alkyl halides is 1. The van der Waals surface area contributed by atoms with Crippen molar-refractivity contribution in [3.05, 3.63) is 59.7 Å². The van der Waals surface area contributed by atoms with Gasteiger partial charge in [-0.05, 0) is 47.6 Å². The van der Waals surface area contributed by atoms with Crippen molar-refractivity contribution >= 4 is 24.4 Å². The van der Waals surface area contributed by atoms with Gasteiger partial charge in [-0.25, -0.2) is 4.39 Å². The summed E-state index contributed by atoms with van der Waals surface area (Å²) in [5.41, 5.74) is 3.54. The fourth-order valence-corrected chi connectivity index (χ4v) is 5.26. The Morgan fingerprint density at radius 3 is 2.20 bits per heavy atom. The first-order chi connectivity index (χ1) is 14.3. The predicted octanol–water partition coefficient (Wildman–Crippen LogP) is 4.56. The number of rotatable bonds is 8. The van der Waals surface area contributed by atoms with Gasteiger partial charge in [0.1, 0.15) is 5.41 Å². The average Bonchev–Trinajstić information content (AvgIpc) is 2.98. The number of hydrogen-bond acceptors (Lipinski definition) is 2. The largest absolute Gasteiger partial charge is 0.351 e. The zero-order valence-electron chi connectivity index (χ0n) is 17.5. The summed E-state index contributed by atoms with van der Waals surface area (Å²) in [5.74, 6) is 0.694. The van der Waals surface area contributed by atoms with Gasteiger partial charge >= 0.3 is 0 Å². The van der Waals surface area contributed by atoms with Gasteiger partial charge in [0.15, 0.2) is 5.15 Å². The summed E-state index contributed by atoms with van der Waals surface area (Å²) in [5, 5.41) is 1.29. The Kier molecular flexibility index (Phi) is 6.31. The third-order valence-corrected chi connectivity index (χ3v) is 6.80. The van der Waals surface area contributed by atoms with E-state index in [0.29, 0.717) is 0 Å². The first-order valence-electron chi connectivity index (χ1n) is 10.8. The highest BCUT2D eigenvalue weighted by molar-refractivity contribution is 7.39. The minimum Gasteiger partial charge on any atom is -0.351 e. The summed E-state index contributed by atoms with van der Waals surface area (Å²) in [6, 6.07) is 16.4. The number of unbranched alkanes of at least 4 members (excludes halogenated alkanes) is 1. The predicted molar refractivity (Wildman–Crippen MR) is 128 cm³/mol. The van der Waals surface area contributed by atoms with Crippen molar-refractivity contribution < 1.29 is 9.18 Å². The van der Waals surface area contributed by atoms with Crippen LogP contribution >= 0.6 is 18.5 Å². The molecule has 2 aromatic rings. The molecule has 1 aliphatic carbocycles. The van der Waals surface area contributed by atoms with Crippen LogP contribution in [0.2, 0.25) is 0 Å². The molecule has 1 N–H and O–H groups in total. The van der Waals surface area contributed by atoms with Gasteiger partial charge in [0, 0.05) is 13.1 Å². The van der Waals surface area contributed by atoms with Crippen LogP contribution in [0.25, 0.3) is 11.1 Å². The Balaban J connectivity index is 1.63. The molecule has 1 fully saturated rings. The number of halogens is 1. The van der Waals surface area contributed by atoms with Crippen molar-refractivity contribution in [2.24, 2.45) is 5.92 Å². The number of likely N-dealkylation sites (tertiary alicyclic amines) is 1. The smallest absolute Gasteiger partial charge is 0.235 e. The van der Waals surface area contributed by atoms with Crippen LogP contribution in [-0.4, -0.2) is 42.1 Å².